The number of non-ortho nitro benzene ring substituents is 1. The van der Waals surface area contributed by atoms with Crippen LogP contribution in [0.25, 0.3) is 27.6 Å². The fraction of sp³-hybridized carbons (Fsp3) is 0.0526. The van der Waals surface area contributed by atoms with Gasteiger partial charge in [0, 0.05) is 33.7 Å². The van der Waals surface area contributed by atoms with E-state index in [4.69, 9.17) is 11.6 Å². The van der Waals surface area contributed by atoms with E-state index in [0.29, 0.717) is 21.8 Å². The third-order valence-electron chi connectivity index (χ3n) is 4.17. The molecule has 0 amide bonds. The van der Waals surface area contributed by atoms with E-state index in [1.54, 1.807) is 35.7 Å². The number of rotatable bonds is 4. The third kappa shape index (κ3) is 3.91. The molecule has 6 nitrogen and oxygen atoms in total. The molecule has 0 spiro atoms. The van der Waals surface area contributed by atoms with Crippen LogP contribution in [0.4, 0.5) is 18.9 Å². The average molecular weight is 451 g/mol. The van der Waals surface area contributed by atoms with Crippen LogP contribution in [0.1, 0.15) is 5.69 Å². The van der Waals surface area contributed by atoms with Gasteiger partial charge in [0.15, 0.2) is 5.69 Å². The topological polar surface area (TPSA) is 73.8 Å². The van der Waals surface area contributed by atoms with Gasteiger partial charge >= 0.3 is 6.18 Å². The Labute approximate surface area is 176 Å². The first-order valence-corrected chi connectivity index (χ1v) is 9.62. The van der Waals surface area contributed by atoms with E-state index >= 15 is 0 Å². The lowest BCUT2D eigenvalue weighted by molar-refractivity contribution is -0.384. The van der Waals surface area contributed by atoms with E-state index in [2.05, 4.69) is 10.1 Å². The number of hydrogen-bond donors (Lipinski definition) is 0. The van der Waals surface area contributed by atoms with Crippen LogP contribution in [-0.4, -0.2) is 19.7 Å². The molecule has 0 aliphatic heterocycles. The molecule has 0 unspecified atom stereocenters. The maximum Gasteiger partial charge on any atom is 0.435 e. The molecule has 4 aromatic rings. The van der Waals surface area contributed by atoms with Crippen molar-refractivity contribution in [2.45, 2.75) is 6.18 Å². The second-order valence-corrected chi connectivity index (χ2v) is 7.43. The molecule has 2 aromatic carbocycles. The summed E-state index contributed by atoms with van der Waals surface area (Å²) in [6, 6.07) is 13.1. The van der Waals surface area contributed by atoms with E-state index in [1.807, 2.05) is 0 Å². The van der Waals surface area contributed by atoms with E-state index < -0.39 is 16.8 Å². The van der Waals surface area contributed by atoms with Gasteiger partial charge in [-0.3, -0.25) is 10.1 Å². The molecule has 0 saturated carbocycles. The summed E-state index contributed by atoms with van der Waals surface area (Å²) < 4.78 is 41.0. The Bertz CT molecular complexity index is 1240. The van der Waals surface area contributed by atoms with Crippen molar-refractivity contribution in [2.24, 2.45) is 0 Å². The number of nitro groups is 1. The fourth-order valence-electron chi connectivity index (χ4n) is 2.76. The van der Waals surface area contributed by atoms with Gasteiger partial charge in [0.05, 0.1) is 16.3 Å². The molecule has 2 aromatic heterocycles. The van der Waals surface area contributed by atoms with Crippen LogP contribution in [0, 0.1) is 10.1 Å². The van der Waals surface area contributed by atoms with Crippen LogP contribution in [0.2, 0.25) is 5.02 Å². The summed E-state index contributed by atoms with van der Waals surface area (Å²) in [6.45, 7) is 0. The van der Waals surface area contributed by atoms with Gasteiger partial charge in [0.25, 0.3) is 5.69 Å². The predicted molar refractivity (Wildman–Crippen MR) is 107 cm³/mol. The van der Waals surface area contributed by atoms with Crippen molar-refractivity contribution in [3.8, 4) is 27.6 Å². The maximum absolute atomic E-state index is 13.3. The van der Waals surface area contributed by atoms with E-state index in [9.17, 15) is 23.3 Å². The standard InChI is InChI=1S/C19H10ClF3N4O2S/c20-13-6-4-11(5-7-13)16-9-17(19(21,22)23)25-26(16)18-24-15(10-30-18)12-2-1-3-14(8-12)27(28)29/h1-10H. The minimum atomic E-state index is -4.63. The van der Waals surface area contributed by atoms with Crippen LogP contribution < -0.4 is 0 Å². The molecule has 0 radical (unpaired) electrons. The quantitative estimate of drug-likeness (QED) is 0.272. The average Bonchev–Trinajstić information content (AvgIpc) is 3.36. The van der Waals surface area contributed by atoms with E-state index in [1.165, 1.54) is 18.2 Å². The van der Waals surface area contributed by atoms with Crippen molar-refractivity contribution < 1.29 is 18.1 Å². The SMILES string of the molecule is O=[N+]([O-])c1cccc(-c2csc(-n3nc(C(F)(F)F)cc3-c3ccc(Cl)cc3)n2)c1. The number of thiazole rings is 1. The van der Waals surface area contributed by atoms with Crippen LogP contribution in [-0.2, 0) is 6.18 Å². The van der Waals surface area contributed by atoms with Gasteiger partial charge in [0.2, 0.25) is 5.13 Å². The summed E-state index contributed by atoms with van der Waals surface area (Å²) in [7, 11) is 0. The smallest absolute Gasteiger partial charge is 0.258 e. The van der Waals surface area contributed by atoms with Crippen LogP contribution in [0.5, 0.6) is 0 Å². The predicted octanol–water partition coefficient (Wildman–Crippen LogP) is 6.24. The van der Waals surface area contributed by atoms with Gasteiger partial charge in [0.1, 0.15) is 0 Å². The van der Waals surface area contributed by atoms with Crippen molar-refractivity contribution in [2.75, 3.05) is 0 Å². The molecule has 11 heteroatoms. The molecule has 0 saturated heterocycles. The summed E-state index contributed by atoms with van der Waals surface area (Å²) in [5, 5.41) is 16.9. The first kappa shape index (κ1) is 20.0. The minimum absolute atomic E-state index is 0.109. The van der Waals surface area contributed by atoms with Crippen LogP contribution in [0.15, 0.2) is 60.0 Å². The summed E-state index contributed by atoms with van der Waals surface area (Å²) >= 11 is 6.95. The molecule has 152 valence electrons. The Kier molecular flexibility index (Phi) is 5.04. The highest BCUT2D eigenvalue weighted by atomic mass is 35.5. The Hall–Kier alpha value is -3.24. The highest BCUT2D eigenvalue weighted by Crippen LogP contribution is 2.35. The number of alkyl halides is 3. The number of halogens is 4. The summed E-state index contributed by atoms with van der Waals surface area (Å²) in [6.07, 6.45) is -4.63. The summed E-state index contributed by atoms with van der Waals surface area (Å²) in [5.74, 6) is 0. The Morgan fingerprint density at radius 3 is 2.47 bits per heavy atom. The summed E-state index contributed by atoms with van der Waals surface area (Å²) in [5.41, 5.74) is 0.378. The van der Waals surface area contributed by atoms with Crippen molar-refractivity contribution >= 4 is 28.6 Å². The number of aromatic nitrogens is 3. The van der Waals surface area contributed by atoms with Crippen molar-refractivity contribution in [3.05, 3.63) is 80.8 Å². The van der Waals surface area contributed by atoms with Gasteiger partial charge in [-0.25, -0.2) is 9.67 Å². The molecule has 0 N–H and O–H groups in total. The van der Waals surface area contributed by atoms with Crippen LogP contribution in [0.3, 0.4) is 0 Å². The third-order valence-corrected chi connectivity index (χ3v) is 5.23. The largest absolute Gasteiger partial charge is 0.435 e. The lowest BCUT2D eigenvalue weighted by atomic mass is 10.1. The molecular weight excluding hydrogens is 441 g/mol. The Morgan fingerprint density at radius 2 is 1.80 bits per heavy atom. The highest BCUT2D eigenvalue weighted by Gasteiger charge is 2.35. The zero-order chi connectivity index (χ0) is 21.5. The Morgan fingerprint density at radius 1 is 1.07 bits per heavy atom. The molecule has 4 rings (SSSR count). The zero-order valence-corrected chi connectivity index (χ0v) is 16.4. The first-order chi connectivity index (χ1) is 14.2. The normalized spacial score (nSPS) is 11.6. The van der Waals surface area contributed by atoms with Crippen molar-refractivity contribution in [1.29, 1.82) is 0 Å². The second-order valence-electron chi connectivity index (χ2n) is 6.15. The second kappa shape index (κ2) is 7.54. The molecule has 0 atom stereocenters. The number of benzene rings is 2. The van der Waals surface area contributed by atoms with Gasteiger partial charge in [-0.2, -0.15) is 18.3 Å². The number of nitro benzene ring substituents is 1. The lowest BCUT2D eigenvalue weighted by Crippen LogP contribution is -2.07. The molecular formula is C19H10ClF3N4O2S. The molecule has 30 heavy (non-hydrogen) atoms. The molecule has 0 aliphatic rings. The van der Waals surface area contributed by atoms with Crippen molar-refractivity contribution in [1.82, 2.24) is 14.8 Å². The fourth-order valence-corrected chi connectivity index (χ4v) is 3.69. The lowest BCUT2D eigenvalue weighted by Gasteiger charge is -2.04. The summed E-state index contributed by atoms with van der Waals surface area (Å²) in [4.78, 5) is 14.8. The monoisotopic (exact) mass is 450 g/mol. The number of nitrogens with zero attached hydrogens (tertiary/aromatic N) is 4. The molecule has 0 bridgehead atoms. The maximum atomic E-state index is 13.3. The first-order valence-electron chi connectivity index (χ1n) is 8.36. The van der Waals surface area contributed by atoms with Crippen molar-refractivity contribution in [3.63, 3.8) is 0 Å². The van der Waals surface area contributed by atoms with Gasteiger partial charge in [-0.15, -0.1) is 11.3 Å². The highest BCUT2D eigenvalue weighted by molar-refractivity contribution is 7.12. The van der Waals surface area contributed by atoms with Gasteiger partial charge in [-0.05, 0) is 18.2 Å². The zero-order valence-electron chi connectivity index (χ0n) is 14.8. The van der Waals surface area contributed by atoms with Crippen LogP contribution >= 0.6 is 22.9 Å². The minimum Gasteiger partial charge on any atom is -0.258 e. The molecule has 0 fully saturated rings. The van der Waals surface area contributed by atoms with E-state index in [0.717, 1.165) is 22.1 Å². The number of hydrogen-bond acceptors (Lipinski definition) is 5. The van der Waals surface area contributed by atoms with E-state index in [-0.39, 0.29) is 16.5 Å². The van der Waals surface area contributed by atoms with Gasteiger partial charge in [-0.1, -0.05) is 35.9 Å². The Balaban J connectivity index is 1.81. The molecule has 0 aliphatic carbocycles. The molecule has 2 heterocycles. The van der Waals surface area contributed by atoms with Gasteiger partial charge < -0.3 is 0 Å².